The van der Waals surface area contributed by atoms with E-state index in [0.717, 1.165) is 18.4 Å². The SMILES string of the molecule is COc1ccc(C[C@@H]2NC(=O)CCCN(C(=O)c3cccn3C3CC3)CCCNC(=O)[C@H](C)N(C)C2=O)cc1. The van der Waals surface area contributed by atoms with Crippen molar-refractivity contribution in [3.8, 4) is 5.75 Å². The van der Waals surface area contributed by atoms with Crippen molar-refractivity contribution >= 4 is 23.6 Å². The van der Waals surface area contributed by atoms with E-state index in [4.69, 9.17) is 4.74 Å². The second kappa shape index (κ2) is 12.8. The molecule has 0 bridgehead atoms. The van der Waals surface area contributed by atoms with Crippen molar-refractivity contribution in [3.05, 3.63) is 53.9 Å². The second-order valence-corrected chi connectivity index (χ2v) is 10.4. The van der Waals surface area contributed by atoms with Gasteiger partial charge in [0.05, 0.1) is 7.11 Å². The molecule has 1 saturated carbocycles. The van der Waals surface area contributed by atoms with E-state index in [0.29, 0.717) is 50.0 Å². The van der Waals surface area contributed by atoms with Gasteiger partial charge in [-0.1, -0.05) is 12.1 Å². The standard InChI is InChI=1S/C29H39N5O5/c1-20-27(36)30-15-6-17-33(29(38)25-7-4-18-34(25)22-11-12-22)16-5-8-26(35)31-24(28(37)32(20)2)19-21-9-13-23(39-3)14-10-21/h4,7,9-10,13-14,18,20,22,24H,5-6,8,11-12,15-17,19H2,1-3H3,(H,30,36)(H,31,35)/t20-,24-/m0/s1. The lowest BCUT2D eigenvalue weighted by Crippen LogP contribution is -2.54. The minimum absolute atomic E-state index is 0.0661. The zero-order valence-electron chi connectivity index (χ0n) is 23.0. The Balaban J connectivity index is 1.50. The molecule has 39 heavy (non-hydrogen) atoms. The van der Waals surface area contributed by atoms with Gasteiger partial charge in [-0.3, -0.25) is 19.2 Å². The molecular weight excluding hydrogens is 498 g/mol. The van der Waals surface area contributed by atoms with Gasteiger partial charge in [0.15, 0.2) is 0 Å². The Kier molecular flexibility index (Phi) is 9.27. The van der Waals surface area contributed by atoms with Gasteiger partial charge < -0.3 is 29.7 Å². The highest BCUT2D eigenvalue weighted by molar-refractivity contribution is 5.93. The van der Waals surface area contributed by atoms with E-state index in [-0.39, 0.29) is 36.5 Å². The summed E-state index contributed by atoms with van der Waals surface area (Å²) in [5.41, 5.74) is 1.51. The van der Waals surface area contributed by atoms with Crippen LogP contribution in [0.15, 0.2) is 42.6 Å². The molecule has 2 N–H and O–H groups in total. The molecule has 2 fully saturated rings. The molecule has 4 rings (SSSR count). The number of hydrogen-bond donors (Lipinski definition) is 2. The van der Waals surface area contributed by atoms with Crippen molar-refractivity contribution in [3.63, 3.8) is 0 Å². The smallest absolute Gasteiger partial charge is 0.270 e. The van der Waals surface area contributed by atoms with E-state index in [1.54, 1.807) is 38.1 Å². The van der Waals surface area contributed by atoms with Gasteiger partial charge in [0, 0.05) is 51.8 Å². The van der Waals surface area contributed by atoms with Gasteiger partial charge in [0.2, 0.25) is 17.7 Å². The Morgan fingerprint density at radius 1 is 1.05 bits per heavy atom. The van der Waals surface area contributed by atoms with E-state index in [2.05, 4.69) is 10.6 Å². The summed E-state index contributed by atoms with van der Waals surface area (Å²) >= 11 is 0. The Bertz CT molecular complexity index is 1170. The number of benzene rings is 1. The number of aromatic nitrogens is 1. The first kappa shape index (κ1) is 28.2. The van der Waals surface area contributed by atoms with E-state index < -0.39 is 12.1 Å². The zero-order valence-corrected chi connectivity index (χ0v) is 23.0. The number of nitrogens with zero attached hydrogens (tertiary/aromatic N) is 3. The third-order valence-electron chi connectivity index (χ3n) is 7.50. The molecule has 1 saturated heterocycles. The average molecular weight is 538 g/mol. The van der Waals surface area contributed by atoms with Crippen LogP contribution in [0.3, 0.4) is 0 Å². The monoisotopic (exact) mass is 537 g/mol. The number of hydrogen-bond acceptors (Lipinski definition) is 5. The lowest BCUT2D eigenvalue weighted by Gasteiger charge is -2.29. The van der Waals surface area contributed by atoms with Crippen molar-refractivity contribution in [2.45, 2.75) is 63.6 Å². The van der Waals surface area contributed by atoms with Crippen LogP contribution >= 0.6 is 0 Å². The fourth-order valence-electron chi connectivity index (χ4n) is 4.86. The van der Waals surface area contributed by atoms with Crippen LogP contribution in [0.2, 0.25) is 0 Å². The molecule has 10 nitrogen and oxygen atoms in total. The van der Waals surface area contributed by atoms with Crippen LogP contribution in [-0.4, -0.2) is 83.9 Å². The van der Waals surface area contributed by atoms with Crippen LogP contribution in [0.25, 0.3) is 0 Å². The number of nitrogens with one attached hydrogen (secondary N) is 2. The summed E-state index contributed by atoms with van der Waals surface area (Å²) < 4.78 is 7.26. The molecule has 2 aliphatic rings. The second-order valence-electron chi connectivity index (χ2n) is 10.4. The summed E-state index contributed by atoms with van der Waals surface area (Å²) in [6.45, 7) is 2.91. The molecule has 1 aromatic carbocycles. The highest BCUT2D eigenvalue weighted by Crippen LogP contribution is 2.36. The number of rotatable bonds is 5. The highest BCUT2D eigenvalue weighted by atomic mass is 16.5. The Hall–Kier alpha value is -3.82. The molecule has 2 heterocycles. The molecule has 210 valence electrons. The zero-order chi connectivity index (χ0) is 27.9. The van der Waals surface area contributed by atoms with Crippen LogP contribution < -0.4 is 15.4 Å². The summed E-state index contributed by atoms with van der Waals surface area (Å²) in [5.74, 6) is -0.258. The first-order chi connectivity index (χ1) is 18.8. The Morgan fingerprint density at radius 2 is 1.77 bits per heavy atom. The molecule has 10 heteroatoms. The number of carbonyl (C=O) groups is 4. The Labute approximate surface area is 229 Å². The number of carbonyl (C=O) groups excluding carboxylic acids is 4. The fraction of sp³-hybridized carbons (Fsp3) is 0.517. The summed E-state index contributed by atoms with van der Waals surface area (Å²) in [4.78, 5) is 55.9. The van der Waals surface area contributed by atoms with Gasteiger partial charge in [0.1, 0.15) is 23.5 Å². The van der Waals surface area contributed by atoms with Crippen LogP contribution in [-0.2, 0) is 20.8 Å². The van der Waals surface area contributed by atoms with Crippen molar-refractivity contribution in [1.29, 1.82) is 0 Å². The molecule has 4 amide bonds. The third-order valence-corrected chi connectivity index (χ3v) is 7.50. The van der Waals surface area contributed by atoms with Gasteiger partial charge in [-0.05, 0) is 62.4 Å². The number of methoxy groups -OCH3 is 1. The lowest BCUT2D eigenvalue weighted by molar-refractivity contribution is -0.141. The molecule has 0 radical (unpaired) electrons. The molecule has 2 atom stereocenters. The molecule has 1 aromatic heterocycles. The highest BCUT2D eigenvalue weighted by Gasteiger charge is 2.31. The molecule has 1 aliphatic carbocycles. The van der Waals surface area contributed by atoms with Gasteiger partial charge >= 0.3 is 0 Å². The first-order valence-corrected chi connectivity index (χ1v) is 13.7. The maximum atomic E-state index is 13.5. The van der Waals surface area contributed by atoms with Gasteiger partial charge in [-0.15, -0.1) is 0 Å². The van der Waals surface area contributed by atoms with Gasteiger partial charge in [0.25, 0.3) is 5.91 Å². The fourth-order valence-corrected chi connectivity index (χ4v) is 4.86. The normalized spacial score (nSPS) is 22.0. The number of ether oxygens (including phenoxy) is 1. The first-order valence-electron chi connectivity index (χ1n) is 13.7. The van der Waals surface area contributed by atoms with Crippen molar-refractivity contribution in [2.75, 3.05) is 33.8 Å². The van der Waals surface area contributed by atoms with E-state index >= 15 is 0 Å². The largest absolute Gasteiger partial charge is 0.497 e. The molecule has 1 aliphatic heterocycles. The summed E-state index contributed by atoms with van der Waals surface area (Å²) in [6.07, 6.45) is 5.58. The number of likely N-dealkylation sites (N-methyl/N-ethyl adjacent to an activating group) is 1. The van der Waals surface area contributed by atoms with Crippen LogP contribution in [0, 0.1) is 0 Å². The van der Waals surface area contributed by atoms with E-state index in [9.17, 15) is 19.2 Å². The average Bonchev–Trinajstić information content (AvgIpc) is 3.67. The number of amides is 4. The predicted molar refractivity (Wildman–Crippen MR) is 146 cm³/mol. The van der Waals surface area contributed by atoms with Crippen molar-refractivity contribution in [1.82, 2.24) is 25.0 Å². The van der Waals surface area contributed by atoms with Gasteiger partial charge in [-0.25, -0.2) is 0 Å². The van der Waals surface area contributed by atoms with Crippen LogP contribution in [0.4, 0.5) is 0 Å². The van der Waals surface area contributed by atoms with Crippen LogP contribution in [0.5, 0.6) is 5.75 Å². The minimum Gasteiger partial charge on any atom is -0.497 e. The summed E-state index contributed by atoms with van der Waals surface area (Å²) in [5, 5.41) is 5.78. The minimum atomic E-state index is -0.837. The topological polar surface area (TPSA) is 113 Å². The molecule has 2 aromatic rings. The third kappa shape index (κ3) is 7.19. The summed E-state index contributed by atoms with van der Waals surface area (Å²) in [7, 11) is 3.16. The molecule has 0 unspecified atom stereocenters. The van der Waals surface area contributed by atoms with E-state index in [1.165, 1.54) is 4.90 Å². The molecule has 0 spiro atoms. The predicted octanol–water partition coefficient (Wildman–Crippen LogP) is 2.15. The summed E-state index contributed by atoms with van der Waals surface area (Å²) in [6, 6.07) is 9.87. The van der Waals surface area contributed by atoms with Crippen molar-refractivity contribution in [2.24, 2.45) is 0 Å². The van der Waals surface area contributed by atoms with Crippen LogP contribution in [0.1, 0.15) is 61.1 Å². The Morgan fingerprint density at radius 3 is 2.46 bits per heavy atom. The molecular formula is C29H39N5O5. The van der Waals surface area contributed by atoms with Gasteiger partial charge in [-0.2, -0.15) is 0 Å². The van der Waals surface area contributed by atoms with E-state index in [1.807, 2.05) is 35.0 Å². The maximum absolute atomic E-state index is 13.5. The quantitative estimate of drug-likeness (QED) is 0.607. The maximum Gasteiger partial charge on any atom is 0.270 e. The van der Waals surface area contributed by atoms with Crippen molar-refractivity contribution < 1.29 is 23.9 Å². The lowest BCUT2D eigenvalue weighted by atomic mass is 10.0.